The number of amides is 2. The lowest BCUT2D eigenvalue weighted by Gasteiger charge is -2.44. The Balaban J connectivity index is 1.65. The average molecular weight is 369 g/mol. The summed E-state index contributed by atoms with van der Waals surface area (Å²) in [5.41, 5.74) is 5.14. The zero-order valence-corrected chi connectivity index (χ0v) is 15.7. The molecule has 4 rings (SSSR count). The molecule has 1 fully saturated rings. The fourth-order valence-electron chi connectivity index (χ4n) is 3.90. The van der Waals surface area contributed by atoms with Gasteiger partial charge in [0.15, 0.2) is 0 Å². The van der Waals surface area contributed by atoms with Crippen LogP contribution in [-0.2, 0) is 11.2 Å². The molecule has 0 bridgehead atoms. The minimum absolute atomic E-state index is 0.00376. The van der Waals surface area contributed by atoms with E-state index in [2.05, 4.69) is 0 Å². The van der Waals surface area contributed by atoms with Crippen LogP contribution >= 0.6 is 11.6 Å². The molecular weight excluding hydrogens is 348 g/mol. The van der Waals surface area contributed by atoms with Crippen LogP contribution in [0, 0.1) is 13.8 Å². The quantitative estimate of drug-likeness (QED) is 0.772. The van der Waals surface area contributed by atoms with Crippen molar-refractivity contribution in [1.29, 1.82) is 0 Å². The maximum absolute atomic E-state index is 13.0. The van der Waals surface area contributed by atoms with E-state index in [0.717, 1.165) is 23.1 Å². The molecule has 2 heterocycles. The number of fused-ring (bicyclic) bond motifs is 3. The maximum Gasteiger partial charge on any atom is 0.254 e. The number of carbonyl (C=O) groups excluding carboxylic acids is 2. The van der Waals surface area contributed by atoms with Crippen LogP contribution in [0.5, 0.6) is 0 Å². The zero-order chi connectivity index (χ0) is 18.4. The van der Waals surface area contributed by atoms with Crippen molar-refractivity contribution in [2.24, 2.45) is 0 Å². The van der Waals surface area contributed by atoms with E-state index in [1.165, 1.54) is 5.56 Å². The molecule has 2 aromatic rings. The third kappa shape index (κ3) is 2.88. The smallest absolute Gasteiger partial charge is 0.254 e. The van der Waals surface area contributed by atoms with E-state index in [-0.39, 0.29) is 24.4 Å². The Morgan fingerprint density at radius 2 is 1.92 bits per heavy atom. The summed E-state index contributed by atoms with van der Waals surface area (Å²) in [4.78, 5) is 29.2. The van der Waals surface area contributed by atoms with Crippen LogP contribution in [0.25, 0.3) is 0 Å². The molecule has 2 aromatic carbocycles. The highest BCUT2D eigenvalue weighted by atomic mass is 35.5. The number of halogens is 1. The van der Waals surface area contributed by atoms with Crippen molar-refractivity contribution in [3.05, 3.63) is 69.2 Å². The first-order valence-electron chi connectivity index (χ1n) is 8.88. The van der Waals surface area contributed by atoms with Gasteiger partial charge in [-0.3, -0.25) is 9.59 Å². The first-order chi connectivity index (χ1) is 12.4. The number of carbonyl (C=O) groups is 2. The van der Waals surface area contributed by atoms with E-state index in [1.54, 1.807) is 4.90 Å². The monoisotopic (exact) mass is 368 g/mol. The van der Waals surface area contributed by atoms with Crippen molar-refractivity contribution in [3.8, 4) is 0 Å². The van der Waals surface area contributed by atoms with Crippen LogP contribution in [-0.4, -0.2) is 41.2 Å². The van der Waals surface area contributed by atoms with Crippen molar-refractivity contribution in [2.45, 2.75) is 26.3 Å². The van der Waals surface area contributed by atoms with Gasteiger partial charge in [0.1, 0.15) is 6.54 Å². The number of aryl methyl sites for hydroxylation is 2. The van der Waals surface area contributed by atoms with Gasteiger partial charge in [-0.15, -0.1) is 0 Å². The second kappa shape index (κ2) is 6.44. The van der Waals surface area contributed by atoms with Gasteiger partial charge >= 0.3 is 0 Å². The molecule has 134 valence electrons. The summed E-state index contributed by atoms with van der Waals surface area (Å²) in [6, 6.07) is 11.4. The predicted octanol–water partition coefficient (Wildman–Crippen LogP) is 3.54. The van der Waals surface area contributed by atoms with Crippen LogP contribution in [0.2, 0.25) is 5.02 Å². The fourth-order valence-corrected chi connectivity index (χ4v) is 4.08. The fraction of sp³-hybridized carbons (Fsp3) is 0.333. The number of piperazine rings is 1. The second-order valence-corrected chi connectivity index (χ2v) is 7.62. The van der Waals surface area contributed by atoms with Crippen molar-refractivity contribution < 1.29 is 9.59 Å². The van der Waals surface area contributed by atoms with Gasteiger partial charge in [-0.1, -0.05) is 23.7 Å². The molecule has 26 heavy (non-hydrogen) atoms. The Morgan fingerprint density at radius 1 is 1.12 bits per heavy atom. The van der Waals surface area contributed by atoms with Crippen LogP contribution in [0.15, 0.2) is 36.4 Å². The van der Waals surface area contributed by atoms with Gasteiger partial charge in [0.05, 0.1) is 6.04 Å². The minimum Gasteiger partial charge on any atom is -0.332 e. The Labute approximate surface area is 158 Å². The summed E-state index contributed by atoms with van der Waals surface area (Å²) >= 11 is 6.19. The zero-order valence-electron chi connectivity index (χ0n) is 15.0. The van der Waals surface area contributed by atoms with Crippen molar-refractivity contribution in [2.75, 3.05) is 19.6 Å². The summed E-state index contributed by atoms with van der Waals surface area (Å²) in [6.07, 6.45) is 0.833. The van der Waals surface area contributed by atoms with Crippen molar-refractivity contribution >= 4 is 23.4 Å². The molecule has 0 aliphatic carbocycles. The topological polar surface area (TPSA) is 40.6 Å². The summed E-state index contributed by atoms with van der Waals surface area (Å²) in [5, 5.41) is 0.663. The van der Waals surface area contributed by atoms with E-state index in [0.29, 0.717) is 23.7 Å². The third-order valence-electron chi connectivity index (χ3n) is 5.55. The number of benzene rings is 2. The summed E-state index contributed by atoms with van der Waals surface area (Å²) in [7, 11) is 0. The van der Waals surface area contributed by atoms with E-state index in [1.807, 2.05) is 55.1 Å². The Morgan fingerprint density at radius 3 is 2.69 bits per heavy atom. The highest BCUT2D eigenvalue weighted by molar-refractivity contribution is 6.30. The van der Waals surface area contributed by atoms with E-state index in [4.69, 9.17) is 11.6 Å². The Kier molecular flexibility index (Phi) is 4.23. The van der Waals surface area contributed by atoms with E-state index < -0.39 is 0 Å². The van der Waals surface area contributed by atoms with Gasteiger partial charge in [0.25, 0.3) is 5.91 Å². The minimum atomic E-state index is -0.116. The molecule has 5 heteroatoms. The SMILES string of the molecule is Cc1ccc(C(=O)N2CC(=O)N3CCc4ccc(Cl)cc4C3C2)cc1C. The summed E-state index contributed by atoms with van der Waals surface area (Å²) in [6.45, 7) is 5.36. The van der Waals surface area contributed by atoms with Crippen molar-refractivity contribution in [1.82, 2.24) is 9.80 Å². The average Bonchev–Trinajstić information content (AvgIpc) is 2.63. The van der Waals surface area contributed by atoms with Gasteiger partial charge < -0.3 is 9.80 Å². The molecule has 1 atom stereocenters. The molecule has 2 amide bonds. The highest BCUT2D eigenvalue weighted by Crippen LogP contribution is 2.35. The maximum atomic E-state index is 13.0. The van der Waals surface area contributed by atoms with Crippen LogP contribution in [0.4, 0.5) is 0 Å². The molecule has 0 aromatic heterocycles. The van der Waals surface area contributed by atoms with E-state index >= 15 is 0 Å². The third-order valence-corrected chi connectivity index (χ3v) is 5.78. The predicted molar refractivity (Wildman–Crippen MR) is 101 cm³/mol. The van der Waals surface area contributed by atoms with Crippen LogP contribution < -0.4 is 0 Å². The molecule has 0 N–H and O–H groups in total. The lowest BCUT2D eigenvalue weighted by Crippen LogP contribution is -2.55. The molecule has 2 aliphatic rings. The number of rotatable bonds is 1. The summed E-state index contributed by atoms with van der Waals surface area (Å²) < 4.78 is 0. The van der Waals surface area contributed by atoms with Crippen LogP contribution in [0.1, 0.15) is 38.7 Å². The van der Waals surface area contributed by atoms with E-state index in [9.17, 15) is 9.59 Å². The molecule has 4 nitrogen and oxygen atoms in total. The molecular formula is C21H21ClN2O2. The largest absolute Gasteiger partial charge is 0.332 e. The number of hydrogen-bond donors (Lipinski definition) is 0. The highest BCUT2D eigenvalue weighted by Gasteiger charge is 2.38. The molecule has 0 saturated carbocycles. The van der Waals surface area contributed by atoms with Gasteiger partial charge in [-0.2, -0.15) is 0 Å². The second-order valence-electron chi connectivity index (χ2n) is 7.18. The normalized spacial score (nSPS) is 19.2. The lowest BCUT2D eigenvalue weighted by molar-refractivity contribution is -0.139. The van der Waals surface area contributed by atoms with Crippen LogP contribution in [0.3, 0.4) is 0 Å². The first kappa shape index (κ1) is 17.1. The number of nitrogens with zero attached hydrogens (tertiary/aromatic N) is 2. The van der Waals surface area contributed by atoms with Gasteiger partial charge in [0, 0.05) is 23.7 Å². The number of hydrogen-bond acceptors (Lipinski definition) is 2. The summed E-state index contributed by atoms with van der Waals surface area (Å²) in [5.74, 6) is -0.0840. The molecule has 0 spiro atoms. The standard InChI is InChI=1S/C21H21ClN2O2/c1-13-3-4-16(9-14(13)2)21(26)23-11-19-18-10-17(22)6-5-15(18)7-8-24(19)20(25)12-23/h3-6,9-10,19H,7-8,11-12H2,1-2H3. The Bertz CT molecular complexity index is 909. The molecule has 0 radical (unpaired) electrons. The van der Waals surface area contributed by atoms with Gasteiger partial charge in [-0.25, -0.2) is 0 Å². The van der Waals surface area contributed by atoms with Gasteiger partial charge in [0.2, 0.25) is 5.91 Å². The first-order valence-corrected chi connectivity index (χ1v) is 9.26. The van der Waals surface area contributed by atoms with Crippen molar-refractivity contribution in [3.63, 3.8) is 0 Å². The Hall–Kier alpha value is -2.33. The molecule has 2 aliphatic heterocycles. The molecule has 1 unspecified atom stereocenters. The lowest BCUT2D eigenvalue weighted by atomic mass is 9.90. The molecule has 1 saturated heterocycles. The van der Waals surface area contributed by atoms with Gasteiger partial charge in [-0.05, 0) is 66.8 Å².